The molecule has 0 bridgehead atoms. The van der Waals surface area contributed by atoms with Crippen LogP contribution in [0.4, 0.5) is 14.9 Å². The Morgan fingerprint density at radius 2 is 1.92 bits per heavy atom. The molecule has 1 saturated heterocycles. The molecule has 0 spiro atoms. The van der Waals surface area contributed by atoms with Crippen LogP contribution in [0.25, 0.3) is 0 Å². The number of carbonyl (C=O) groups excluding carboxylic acids is 1. The van der Waals surface area contributed by atoms with Gasteiger partial charge in [-0.1, -0.05) is 31.9 Å². The molecule has 1 aliphatic carbocycles. The molecule has 5 nitrogen and oxygen atoms in total. The zero-order chi connectivity index (χ0) is 18.4. The lowest BCUT2D eigenvalue weighted by Crippen LogP contribution is -2.52. The third-order valence-electron chi connectivity index (χ3n) is 5.50. The van der Waals surface area contributed by atoms with E-state index in [0.29, 0.717) is 57.0 Å². The molecule has 6 heteroatoms. The van der Waals surface area contributed by atoms with E-state index in [1.807, 2.05) is 11.0 Å². The number of benzene rings is 1. The average Bonchev–Trinajstić information content (AvgIpc) is 2.67. The molecule has 144 valence electrons. The largest absolute Gasteiger partial charge is 0.376 e. The minimum Gasteiger partial charge on any atom is -0.376 e. The smallest absolute Gasteiger partial charge is 0.317 e. The van der Waals surface area contributed by atoms with Crippen molar-refractivity contribution in [2.75, 3.05) is 44.2 Å². The van der Waals surface area contributed by atoms with E-state index >= 15 is 0 Å². The molecular weight excluding hydrogens is 333 g/mol. The van der Waals surface area contributed by atoms with Crippen LogP contribution in [0.3, 0.4) is 0 Å². The second kappa shape index (κ2) is 9.21. The fourth-order valence-corrected chi connectivity index (χ4v) is 3.87. The third-order valence-corrected chi connectivity index (χ3v) is 5.50. The van der Waals surface area contributed by atoms with Crippen LogP contribution in [0.2, 0.25) is 0 Å². The number of amides is 2. The van der Waals surface area contributed by atoms with Gasteiger partial charge in [-0.25, -0.2) is 9.18 Å². The van der Waals surface area contributed by atoms with Gasteiger partial charge >= 0.3 is 6.03 Å². The van der Waals surface area contributed by atoms with Gasteiger partial charge in [-0.15, -0.1) is 0 Å². The first-order valence-electron chi connectivity index (χ1n) is 9.79. The normalized spacial score (nSPS) is 23.8. The minimum atomic E-state index is -0.209. The summed E-state index contributed by atoms with van der Waals surface area (Å²) < 4.78 is 19.8. The van der Waals surface area contributed by atoms with E-state index in [0.717, 1.165) is 6.42 Å². The van der Waals surface area contributed by atoms with Gasteiger partial charge in [0, 0.05) is 32.7 Å². The van der Waals surface area contributed by atoms with Crippen molar-refractivity contribution in [2.45, 2.75) is 38.7 Å². The second-order valence-corrected chi connectivity index (χ2v) is 7.33. The summed E-state index contributed by atoms with van der Waals surface area (Å²) in [6, 6.07) is 6.73. The Morgan fingerprint density at radius 3 is 2.65 bits per heavy atom. The highest BCUT2D eigenvalue weighted by Crippen LogP contribution is 2.26. The van der Waals surface area contributed by atoms with E-state index in [1.54, 1.807) is 17.0 Å². The van der Waals surface area contributed by atoms with Gasteiger partial charge < -0.3 is 19.9 Å². The summed E-state index contributed by atoms with van der Waals surface area (Å²) in [6.07, 6.45) is 5.26. The van der Waals surface area contributed by atoms with E-state index in [4.69, 9.17) is 4.74 Å². The van der Waals surface area contributed by atoms with Crippen LogP contribution in [-0.4, -0.2) is 56.4 Å². The van der Waals surface area contributed by atoms with E-state index in [1.165, 1.54) is 25.3 Å². The Kier molecular flexibility index (Phi) is 6.72. The number of urea groups is 1. The minimum absolute atomic E-state index is 0.0570. The van der Waals surface area contributed by atoms with Gasteiger partial charge in [-0.2, -0.15) is 0 Å². The number of ether oxygens (including phenoxy) is 1. The van der Waals surface area contributed by atoms with Crippen LogP contribution in [0.5, 0.6) is 0 Å². The monoisotopic (exact) mass is 363 g/mol. The molecule has 2 unspecified atom stereocenters. The standard InChI is InChI=1S/C20H30FN3O2/c1-16-6-2-5-9-19(16)26-15-10-22-20(25)24-13-11-23(12-14-24)18-8-4-3-7-17(18)21/h3-4,7-8,16,19H,2,5-6,9-15H2,1H3,(H,22,25). The Labute approximate surface area is 155 Å². The summed E-state index contributed by atoms with van der Waals surface area (Å²) in [5, 5.41) is 2.94. The molecule has 26 heavy (non-hydrogen) atoms. The molecule has 2 aliphatic rings. The van der Waals surface area contributed by atoms with E-state index in [-0.39, 0.29) is 11.8 Å². The molecule has 1 aromatic rings. The quantitative estimate of drug-likeness (QED) is 0.817. The van der Waals surface area contributed by atoms with Crippen molar-refractivity contribution < 1.29 is 13.9 Å². The van der Waals surface area contributed by atoms with Gasteiger partial charge in [0.05, 0.1) is 18.4 Å². The first-order valence-corrected chi connectivity index (χ1v) is 9.79. The first kappa shape index (κ1) is 19.0. The van der Waals surface area contributed by atoms with E-state index in [9.17, 15) is 9.18 Å². The summed E-state index contributed by atoms with van der Waals surface area (Å²) in [5.74, 6) is 0.408. The zero-order valence-corrected chi connectivity index (χ0v) is 15.6. The van der Waals surface area contributed by atoms with Gasteiger partial charge in [0.25, 0.3) is 0 Å². The summed E-state index contributed by atoms with van der Waals surface area (Å²) in [6.45, 7) is 5.83. The van der Waals surface area contributed by atoms with Gasteiger partial charge in [-0.05, 0) is 30.9 Å². The number of nitrogens with one attached hydrogen (secondary N) is 1. The van der Waals surface area contributed by atoms with Crippen LogP contribution in [0.1, 0.15) is 32.6 Å². The number of para-hydroxylation sites is 1. The van der Waals surface area contributed by atoms with Crippen molar-refractivity contribution in [2.24, 2.45) is 5.92 Å². The zero-order valence-electron chi connectivity index (χ0n) is 15.6. The molecule has 0 radical (unpaired) electrons. The Hall–Kier alpha value is -1.82. The second-order valence-electron chi connectivity index (χ2n) is 7.33. The van der Waals surface area contributed by atoms with Crippen molar-refractivity contribution in [3.05, 3.63) is 30.1 Å². The molecule has 1 saturated carbocycles. The van der Waals surface area contributed by atoms with Gasteiger partial charge in [0.15, 0.2) is 0 Å². The van der Waals surface area contributed by atoms with Crippen LogP contribution >= 0.6 is 0 Å². The van der Waals surface area contributed by atoms with Gasteiger partial charge in [0.2, 0.25) is 0 Å². The lowest BCUT2D eigenvalue weighted by molar-refractivity contribution is -0.00272. The molecule has 1 aromatic carbocycles. The average molecular weight is 363 g/mol. The predicted octanol–water partition coefficient (Wildman–Crippen LogP) is 3.25. The number of anilines is 1. The molecule has 3 rings (SSSR count). The number of hydrogen-bond donors (Lipinski definition) is 1. The predicted molar refractivity (Wildman–Crippen MR) is 101 cm³/mol. The Balaban J connectivity index is 1.35. The summed E-state index contributed by atoms with van der Waals surface area (Å²) in [4.78, 5) is 16.1. The molecule has 1 aliphatic heterocycles. The first-order chi connectivity index (χ1) is 12.6. The lowest BCUT2D eigenvalue weighted by atomic mass is 9.88. The van der Waals surface area contributed by atoms with Crippen molar-refractivity contribution in [3.8, 4) is 0 Å². The van der Waals surface area contributed by atoms with Crippen LogP contribution in [0.15, 0.2) is 24.3 Å². The maximum atomic E-state index is 13.9. The maximum Gasteiger partial charge on any atom is 0.317 e. The molecular formula is C20H30FN3O2. The maximum absolute atomic E-state index is 13.9. The Bertz CT molecular complexity index is 590. The van der Waals surface area contributed by atoms with Crippen molar-refractivity contribution in [3.63, 3.8) is 0 Å². The van der Waals surface area contributed by atoms with Crippen LogP contribution in [0, 0.1) is 11.7 Å². The highest BCUT2D eigenvalue weighted by atomic mass is 19.1. The van der Waals surface area contributed by atoms with Gasteiger partial charge in [-0.3, -0.25) is 0 Å². The molecule has 0 aromatic heterocycles. The fourth-order valence-electron chi connectivity index (χ4n) is 3.87. The van der Waals surface area contributed by atoms with Crippen LogP contribution < -0.4 is 10.2 Å². The van der Waals surface area contributed by atoms with E-state index in [2.05, 4.69) is 12.2 Å². The highest BCUT2D eigenvalue weighted by molar-refractivity contribution is 5.74. The molecule has 1 heterocycles. The van der Waals surface area contributed by atoms with E-state index < -0.39 is 0 Å². The lowest BCUT2D eigenvalue weighted by Gasteiger charge is -2.36. The van der Waals surface area contributed by atoms with Crippen LogP contribution in [-0.2, 0) is 4.74 Å². The number of carbonyl (C=O) groups is 1. The van der Waals surface area contributed by atoms with Gasteiger partial charge in [0.1, 0.15) is 5.82 Å². The summed E-state index contributed by atoms with van der Waals surface area (Å²) >= 11 is 0. The third kappa shape index (κ3) is 4.87. The van der Waals surface area contributed by atoms with Crippen molar-refractivity contribution in [1.29, 1.82) is 0 Å². The topological polar surface area (TPSA) is 44.8 Å². The molecule has 2 amide bonds. The Morgan fingerprint density at radius 1 is 1.19 bits per heavy atom. The number of halogens is 1. The SMILES string of the molecule is CC1CCCCC1OCCNC(=O)N1CCN(c2ccccc2F)CC1. The number of piperazine rings is 1. The molecule has 2 fully saturated rings. The number of rotatable bonds is 5. The molecule has 1 N–H and O–H groups in total. The number of hydrogen-bond acceptors (Lipinski definition) is 3. The van der Waals surface area contributed by atoms with Crippen molar-refractivity contribution >= 4 is 11.7 Å². The summed E-state index contributed by atoms with van der Waals surface area (Å²) in [7, 11) is 0. The van der Waals surface area contributed by atoms with Crippen molar-refractivity contribution in [1.82, 2.24) is 10.2 Å². The molecule has 2 atom stereocenters. The number of nitrogens with zero attached hydrogens (tertiary/aromatic N) is 2. The fraction of sp³-hybridized carbons (Fsp3) is 0.650. The highest BCUT2D eigenvalue weighted by Gasteiger charge is 2.23. The summed E-state index contributed by atoms with van der Waals surface area (Å²) in [5.41, 5.74) is 0.613.